The third-order valence-electron chi connectivity index (χ3n) is 7.67. The van der Waals surface area contributed by atoms with Gasteiger partial charge < -0.3 is 30.7 Å². The molecule has 53 heavy (non-hydrogen) atoms. The number of anilines is 5. The minimum Gasteiger partial charge on any atom is -0.448 e. The number of halogens is 5. The number of hydrogen-bond donors (Lipinski definition) is 5. The van der Waals surface area contributed by atoms with E-state index in [-0.39, 0.29) is 23.1 Å². The summed E-state index contributed by atoms with van der Waals surface area (Å²) in [5.41, 5.74) is -1.08. The van der Waals surface area contributed by atoms with Crippen LogP contribution in [0.15, 0.2) is 76.1 Å². The van der Waals surface area contributed by atoms with Crippen molar-refractivity contribution in [3.05, 3.63) is 84.1 Å². The number of carbonyl (C=O) groups excluding carboxylic acids is 2. The second-order valence-electron chi connectivity index (χ2n) is 11.4. The Balaban J connectivity index is 1.34. The van der Waals surface area contributed by atoms with Gasteiger partial charge in [0.25, 0.3) is 0 Å². The lowest BCUT2D eigenvalue weighted by atomic mass is 10.1. The van der Waals surface area contributed by atoms with Gasteiger partial charge in [-0.2, -0.15) is 18.2 Å². The second-order valence-corrected chi connectivity index (χ2v) is 12.7. The number of amides is 3. The number of hydrogen-bond acceptors (Lipinski definition) is 10. The summed E-state index contributed by atoms with van der Waals surface area (Å²) in [6.45, 7) is 5.92. The Labute approximate surface area is 302 Å². The SMILES string of the molecule is CCOC(=O)/N=[SH](=O)/c1cccc(Nc2ncc(-c3ccc(NC(=O)Nc4cc(C(F)(F)F)ccc4F)c(F)c3)c(NCCCN3CCOCC3)n2)c1. The Kier molecular flexibility index (Phi) is 13.1. The summed E-state index contributed by atoms with van der Waals surface area (Å²) in [5.74, 6) is -1.54. The molecule has 0 saturated carbocycles. The van der Waals surface area contributed by atoms with Gasteiger partial charge in [-0.15, -0.1) is 4.36 Å². The zero-order valence-electron chi connectivity index (χ0n) is 28.2. The predicted molar refractivity (Wildman–Crippen MR) is 189 cm³/mol. The first-order valence-corrected chi connectivity index (χ1v) is 17.5. The summed E-state index contributed by atoms with van der Waals surface area (Å²) in [4.78, 5) is 35.7. The molecule has 0 aliphatic carbocycles. The Morgan fingerprint density at radius 2 is 1.77 bits per heavy atom. The van der Waals surface area contributed by atoms with Crippen LogP contribution in [0.3, 0.4) is 0 Å². The summed E-state index contributed by atoms with van der Waals surface area (Å²) in [7, 11) is -2.43. The fraction of sp³-hybridized carbons (Fsp3) is 0.294. The molecule has 0 radical (unpaired) electrons. The van der Waals surface area contributed by atoms with E-state index in [4.69, 9.17) is 9.47 Å². The maximum Gasteiger partial charge on any atom is 0.441 e. The number of ether oxygens (including phenoxy) is 2. The third-order valence-corrected chi connectivity index (χ3v) is 8.73. The van der Waals surface area contributed by atoms with Crippen molar-refractivity contribution in [2.24, 2.45) is 4.36 Å². The molecular formula is C34H35F5N8O5S. The van der Waals surface area contributed by atoms with Gasteiger partial charge in [-0.1, -0.05) is 12.1 Å². The lowest BCUT2D eigenvalue weighted by Gasteiger charge is -2.26. The first-order valence-electron chi connectivity index (χ1n) is 16.3. The molecule has 1 aliphatic heterocycles. The summed E-state index contributed by atoms with van der Waals surface area (Å²) >= 11 is 0. The fourth-order valence-electron chi connectivity index (χ4n) is 5.10. The van der Waals surface area contributed by atoms with Crippen LogP contribution in [-0.4, -0.2) is 77.2 Å². The van der Waals surface area contributed by atoms with Crippen molar-refractivity contribution in [3.63, 3.8) is 0 Å². The zero-order valence-corrected chi connectivity index (χ0v) is 29.1. The topological polar surface area (TPSA) is 159 Å². The molecule has 0 bridgehead atoms. The maximum atomic E-state index is 15.4. The van der Waals surface area contributed by atoms with Crippen LogP contribution in [0.5, 0.6) is 0 Å². The van der Waals surface area contributed by atoms with Gasteiger partial charge in [0.15, 0.2) is 0 Å². The van der Waals surface area contributed by atoms with Crippen LogP contribution in [0.25, 0.3) is 11.1 Å². The van der Waals surface area contributed by atoms with Crippen molar-refractivity contribution in [2.75, 3.05) is 67.3 Å². The van der Waals surface area contributed by atoms with Gasteiger partial charge in [-0.05, 0) is 74.0 Å². The first kappa shape index (κ1) is 38.8. The molecule has 1 aromatic heterocycles. The number of aromatic nitrogens is 2. The van der Waals surface area contributed by atoms with E-state index in [0.717, 1.165) is 32.1 Å². The molecule has 3 aromatic carbocycles. The van der Waals surface area contributed by atoms with Crippen molar-refractivity contribution < 1.29 is 45.2 Å². The van der Waals surface area contributed by atoms with Crippen molar-refractivity contribution >= 4 is 51.5 Å². The van der Waals surface area contributed by atoms with Crippen molar-refractivity contribution in [2.45, 2.75) is 24.4 Å². The van der Waals surface area contributed by atoms with E-state index in [1.54, 1.807) is 25.1 Å². The summed E-state index contributed by atoms with van der Waals surface area (Å²) in [6.07, 6.45) is -3.52. The molecule has 4 N–H and O–H groups in total. The number of thiol groups is 1. The van der Waals surface area contributed by atoms with E-state index in [9.17, 15) is 31.4 Å². The average Bonchev–Trinajstić information content (AvgIpc) is 3.12. The standard InChI is InChI=1S/C34H35F5N8O5S/c1-2-52-33(49)46-53(50)24-6-3-5-23(19-24)42-31-41-20-25(30(45-31)40-11-4-12-47-13-15-51-16-14-47)21-7-10-28(27(36)17-21)43-32(48)44-29-18-22(34(37,38)39)8-9-26(29)35/h3,5-10,17-20,53H,2,4,11-16H2,1H3,(H2,43,44,48)(H2,40,41,42,45). The van der Waals surface area contributed by atoms with Gasteiger partial charge >= 0.3 is 18.3 Å². The summed E-state index contributed by atoms with van der Waals surface area (Å²) in [5, 5.41) is 10.5. The highest BCUT2D eigenvalue weighted by Crippen LogP contribution is 2.33. The van der Waals surface area contributed by atoms with E-state index >= 15 is 4.39 Å². The van der Waals surface area contributed by atoms with Crippen LogP contribution in [0.4, 0.5) is 60.4 Å². The van der Waals surface area contributed by atoms with Crippen LogP contribution < -0.4 is 21.3 Å². The molecule has 1 unspecified atom stereocenters. The van der Waals surface area contributed by atoms with Gasteiger partial charge in [0.05, 0.1) is 47.4 Å². The normalized spacial score (nSPS) is 14.0. The van der Waals surface area contributed by atoms with Gasteiger partial charge in [0, 0.05) is 42.0 Å². The summed E-state index contributed by atoms with van der Waals surface area (Å²) < 4.78 is 95.0. The first-order chi connectivity index (χ1) is 25.4. The number of benzene rings is 3. The zero-order chi connectivity index (χ0) is 38.0. The van der Waals surface area contributed by atoms with E-state index in [2.05, 4.69) is 35.2 Å². The number of morpholine rings is 1. The van der Waals surface area contributed by atoms with Crippen molar-refractivity contribution in [1.29, 1.82) is 0 Å². The highest BCUT2D eigenvalue weighted by Gasteiger charge is 2.31. The minimum atomic E-state index is -4.77. The van der Waals surface area contributed by atoms with E-state index in [1.807, 2.05) is 5.32 Å². The largest absolute Gasteiger partial charge is 0.448 e. The lowest BCUT2D eigenvalue weighted by Crippen LogP contribution is -2.37. The molecular weight excluding hydrogens is 727 g/mol. The third kappa shape index (κ3) is 11.0. The number of carbonyl (C=O) groups is 2. The maximum absolute atomic E-state index is 15.4. The number of rotatable bonds is 12. The minimum absolute atomic E-state index is 0.0868. The van der Waals surface area contributed by atoms with Crippen LogP contribution in [0, 0.1) is 11.6 Å². The number of nitrogens with one attached hydrogen (secondary N) is 4. The molecule has 1 atom stereocenters. The van der Waals surface area contributed by atoms with Gasteiger partial charge in [-0.3, -0.25) is 4.90 Å². The quantitative estimate of drug-likeness (QED) is 0.0571. The Morgan fingerprint density at radius 1 is 1.00 bits per heavy atom. The number of nitrogens with zero attached hydrogens (tertiary/aromatic N) is 4. The average molecular weight is 763 g/mol. The molecule has 3 amide bonds. The molecule has 13 nitrogen and oxygen atoms in total. The molecule has 282 valence electrons. The van der Waals surface area contributed by atoms with Gasteiger partial charge in [0.2, 0.25) is 5.95 Å². The van der Waals surface area contributed by atoms with Crippen LogP contribution in [0.1, 0.15) is 18.9 Å². The highest BCUT2D eigenvalue weighted by molar-refractivity contribution is 7.75. The molecule has 5 rings (SSSR count). The molecule has 2 heterocycles. The Morgan fingerprint density at radius 3 is 2.51 bits per heavy atom. The predicted octanol–water partition coefficient (Wildman–Crippen LogP) is 7.14. The Bertz CT molecular complexity index is 2020. The second kappa shape index (κ2) is 17.9. The van der Waals surface area contributed by atoms with Crippen LogP contribution in [0.2, 0.25) is 0 Å². The van der Waals surface area contributed by atoms with Gasteiger partial charge in [0.1, 0.15) is 17.5 Å². The van der Waals surface area contributed by atoms with Crippen molar-refractivity contribution in [3.8, 4) is 11.1 Å². The molecule has 1 aliphatic rings. The lowest BCUT2D eigenvalue weighted by molar-refractivity contribution is -0.137. The van der Waals surface area contributed by atoms with Crippen LogP contribution >= 0.6 is 0 Å². The van der Waals surface area contributed by atoms with Crippen LogP contribution in [-0.2, 0) is 26.2 Å². The molecule has 4 aromatic rings. The molecule has 1 saturated heterocycles. The highest BCUT2D eigenvalue weighted by atomic mass is 32.2. The summed E-state index contributed by atoms with van der Waals surface area (Å²) in [6, 6.07) is 10.5. The van der Waals surface area contributed by atoms with E-state index < -0.39 is 51.8 Å². The fourth-order valence-corrected chi connectivity index (χ4v) is 5.88. The molecule has 1 fully saturated rings. The Hall–Kier alpha value is -5.40. The molecule has 0 spiro atoms. The van der Waals surface area contributed by atoms with E-state index in [1.165, 1.54) is 24.4 Å². The molecule has 19 heteroatoms. The number of urea groups is 1. The smallest absolute Gasteiger partial charge is 0.441 e. The van der Waals surface area contributed by atoms with Gasteiger partial charge in [-0.25, -0.2) is 27.6 Å². The number of alkyl halides is 3. The van der Waals surface area contributed by atoms with Crippen molar-refractivity contribution in [1.82, 2.24) is 14.9 Å². The monoisotopic (exact) mass is 762 g/mol. The van der Waals surface area contributed by atoms with E-state index in [0.29, 0.717) is 60.6 Å².